The van der Waals surface area contributed by atoms with Gasteiger partial charge in [0.05, 0.1) is 19.3 Å². The fraction of sp³-hybridized carbons (Fsp3) is 0.462. The van der Waals surface area contributed by atoms with Crippen LogP contribution in [-0.2, 0) is 0 Å². The number of rotatable bonds is 7. The van der Waals surface area contributed by atoms with E-state index in [0.717, 1.165) is 19.3 Å². The first-order valence-electron chi connectivity index (χ1n) is 5.58. The van der Waals surface area contributed by atoms with E-state index in [1.807, 2.05) is 14.1 Å². The van der Waals surface area contributed by atoms with Crippen LogP contribution in [0.3, 0.4) is 0 Å². The van der Waals surface area contributed by atoms with Gasteiger partial charge < -0.3 is 14.4 Å². The molecule has 1 rings (SSSR count). The molecule has 4 nitrogen and oxygen atoms in total. The molecule has 0 N–H and O–H groups in total. The average molecular weight is 274 g/mol. The summed E-state index contributed by atoms with van der Waals surface area (Å²) in [6.07, 6.45) is 1.69. The lowest BCUT2D eigenvalue weighted by atomic mass is 10.2. The smallest absolute Gasteiger partial charge is 0.171 e. The number of carbonyl (C=O) groups excluding carboxylic acids is 1. The van der Waals surface area contributed by atoms with Crippen molar-refractivity contribution in [3.63, 3.8) is 0 Å². The van der Waals surface area contributed by atoms with Gasteiger partial charge in [-0.15, -0.1) is 12.4 Å². The van der Waals surface area contributed by atoms with Gasteiger partial charge in [0.15, 0.2) is 17.8 Å². The highest BCUT2D eigenvalue weighted by molar-refractivity contribution is 5.85. The van der Waals surface area contributed by atoms with Gasteiger partial charge in [-0.25, -0.2) is 0 Å². The average Bonchev–Trinajstić information content (AvgIpc) is 2.34. The van der Waals surface area contributed by atoms with Gasteiger partial charge in [0.1, 0.15) is 0 Å². The SMILES string of the molecule is COc1cccc(C=O)c1OCCCN(C)C.Cl. The van der Waals surface area contributed by atoms with E-state index in [2.05, 4.69) is 4.90 Å². The minimum Gasteiger partial charge on any atom is -0.493 e. The summed E-state index contributed by atoms with van der Waals surface area (Å²) in [5, 5.41) is 0. The number of ether oxygens (including phenoxy) is 2. The third-order valence-corrected chi connectivity index (χ3v) is 2.35. The molecule has 0 amide bonds. The first kappa shape index (κ1) is 16.7. The molecule has 0 radical (unpaired) electrons. The molecule has 0 unspecified atom stereocenters. The van der Waals surface area contributed by atoms with Crippen LogP contribution in [0.4, 0.5) is 0 Å². The van der Waals surface area contributed by atoms with E-state index in [9.17, 15) is 4.79 Å². The van der Waals surface area contributed by atoms with Gasteiger partial charge >= 0.3 is 0 Å². The van der Waals surface area contributed by atoms with Crippen molar-refractivity contribution in [2.24, 2.45) is 0 Å². The van der Waals surface area contributed by atoms with E-state index in [1.54, 1.807) is 25.3 Å². The fourth-order valence-corrected chi connectivity index (χ4v) is 1.50. The Morgan fingerprint density at radius 1 is 1.33 bits per heavy atom. The van der Waals surface area contributed by atoms with Crippen LogP contribution in [0.15, 0.2) is 18.2 Å². The zero-order valence-electron chi connectivity index (χ0n) is 11.0. The monoisotopic (exact) mass is 273 g/mol. The first-order valence-corrected chi connectivity index (χ1v) is 5.58. The number of nitrogens with zero attached hydrogens (tertiary/aromatic N) is 1. The molecule has 102 valence electrons. The summed E-state index contributed by atoms with van der Waals surface area (Å²) in [5.41, 5.74) is 0.522. The van der Waals surface area contributed by atoms with E-state index in [0.29, 0.717) is 23.7 Å². The maximum absolute atomic E-state index is 10.9. The lowest BCUT2D eigenvalue weighted by Gasteiger charge is -2.13. The molecular formula is C13H20ClNO3. The van der Waals surface area contributed by atoms with E-state index in [-0.39, 0.29) is 12.4 Å². The fourth-order valence-electron chi connectivity index (χ4n) is 1.50. The Bertz CT molecular complexity index is 369. The van der Waals surface area contributed by atoms with Crippen molar-refractivity contribution in [3.8, 4) is 11.5 Å². The quantitative estimate of drug-likeness (QED) is 0.564. The largest absolute Gasteiger partial charge is 0.493 e. The van der Waals surface area contributed by atoms with E-state index < -0.39 is 0 Å². The second-order valence-electron chi connectivity index (χ2n) is 4.00. The van der Waals surface area contributed by atoms with Crippen molar-refractivity contribution in [3.05, 3.63) is 23.8 Å². The van der Waals surface area contributed by atoms with Crippen LogP contribution in [0.1, 0.15) is 16.8 Å². The van der Waals surface area contributed by atoms with Crippen LogP contribution in [0, 0.1) is 0 Å². The molecule has 0 bridgehead atoms. The predicted octanol–water partition coefficient (Wildman–Crippen LogP) is 2.26. The van der Waals surface area contributed by atoms with E-state index in [1.165, 1.54) is 0 Å². The van der Waals surface area contributed by atoms with Crippen molar-refractivity contribution >= 4 is 18.7 Å². The molecule has 1 aromatic carbocycles. The molecule has 0 aliphatic rings. The number of benzene rings is 1. The predicted molar refractivity (Wildman–Crippen MR) is 74.3 cm³/mol. The standard InChI is InChI=1S/C13H19NO3.ClH/c1-14(2)8-5-9-17-13-11(10-15)6-4-7-12(13)16-3;/h4,6-7,10H,5,8-9H2,1-3H3;1H. The molecule has 0 saturated heterocycles. The van der Waals surface area contributed by atoms with Crippen LogP contribution in [0.2, 0.25) is 0 Å². The van der Waals surface area contributed by atoms with Crippen molar-refractivity contribution in [2.75, 3.05) is 34.4 Å². The molecule has 0 aliphatic heterocycles. The van der Waals surface area contributed by atoms with Gasteiger partial charge in [0.2, 0.25) is 0 Å². The van der Waals surface area contributed by atoms with Gasteiger partial charge in [-0.3, -0.25) is 4.79 Å². The molecule has 0 saturated carbocycles. The molecule has 0 heterocycles. The van der Waals surface area contributed by atoms with Crippen molar-refractivity contribution in [2.45, 2.75) is 6.42 Å². The maximum Gasteiger partial charge on any atom is 0.171 e. The Labute approximate surface area is 114 Å². The summed E-state index contributed by atoms with van der Waals surface area (Å²) in [7, 11) is 5.59. The molecular weight excluding hydrogens is 254 g/mol. The van der Waals surface area contributed by atoms with Crippen LogP contribution in [0.25, 0.3) is 0 Å². The van der Waals surface area contributed by atoms with Crippen molar-refractivity contribution in [1.82, 2.24) is 4.90 Å². The number of carbonyl (C=O) groups is 1. The molecule has 18 heavy (non-hydrogen) atoms. The Morgan fingerprint density at radius 2 is 2.06 bits per heavy atom. The molecule has 0 aliphatic carbocycles. The van der Waals surface area contributed by atoms with Gasteiger partial charge in [0.25, 0.3) is 0 Å². The zero-order chi connectivity index (χ0) is 12.7. The van der Waals surface area contributed by atoms with E-state index >= 15 is 0 Å². The van der Waals surface area contributed by atoms with Gasteiger partial charge in [-0.05, 0) is 32.6 Å². The van der Waals surface area contributed by atoms with Crippen molar-refractivity contribution < 1.29 is 14.3 Å². The van der Waals surface area contributed by atoms with Gasteiger partial charge in [0, 0.05) is 6.54 Å². The summed E-state index contributed by atoms with van der Waals surface area (Å²) < 4.78 is 10.8. The topological polar surface area (TPSA) is 38.8 Å². The summed E-state index contributed by atoms with van der Waals surface area (Å²) >= 11 is 0. The molecule has 0 spiro atoms. The Kier molecular flexibility index (Phi) is 8.16. The molecule has 0 aromatic heterocycles. The number of halogens is 1. The van der Waals surface area contributed by atoms with Crippen LogP contribution < -0.4 is 9.47 Å². The third kappa shape index (κ3) is 4.94. The highest BCUT2D eigenvalue weighted by atomic mass is 35.5. The number of para-hydroxylation sites is 1. The third-order valence-electron chi connectivity index (χ3n) is 2.35. The lowest BCUT2D eigenvalue weighted by molar-refractivity contribution is 0.111. The Hall–Kier alpha value is -1.26. The molecule has 1 aromatic rings. The number of hydrogen-bond donors (Lipinski definition) is 0. The van der Waals surface area contributed by atoms with Crippen molar-refractivity contribution in [1.29, 1.82) is 0 Å². The summed E-state index contributed by atoms with van der Waals surface area (Å²) in [6.45, 7) is 1.52. The lowest BCUT2D eigenvalue weighted by Crippen LogP contribution is -2.15. The molecule has 0 fully saturated rings. The van der Waals surface area contributed by atoms with Crippen LogP contribution in [-0.4, -0.2) is 45.5 Å². The Balaban J connectivity index is 0.00000289. The normalized spacial score (nSPS) is 9.78. The minimum atomic E-state index is 0. The van der Waals surface area contributed by atoms with Crippen LogP contribution >= 0.6 is 12.4 Å². The van der Waals surface area contributed by atoms with E-state index in [4.69, 9.17) is 9.47 Å². The molecule has 0 atom stereocenters. The maximum atomic E-state index is 10.9. The first-order chi connectivity index (χ1) is 8.19. The number of hydrogen-bond acceptors (Lipinski definition) is 4. The van der Waals surface area contributed by atoms with Gasteiger partial charge in [-0.1, -0.05) is 6.07 Å². The molecule has 5 heteroatoms. The summed E-state index contributed by atoms with van der Waals surface area (Å²) in [6, 6.07) is 5.28. The van der Waals surface area contributed by atoms with Crippen LogP contribution in [0.5, 0.6) is 11.5 Å². The number of aldehydes is 1. The zero-order valence-corrected chi connectivity index (χ0v) is 11.8. The second kappa shape index (κ2) is 8.78. The number of methoxy groups -OCH3 is 1. The Morgan fingerprint density at radius 3 is 2.61 bits per heavy atom. The second-order valence-corrected chi connectivity index (χ2v) is 4.00. The summed E-state index contributed by atoms with van der Waals surface area (Å²) in [5.74, 6) is 1.13. The highest BCUT2D eigenvalue weighted by Gasteiger charge is 2.09. The van der Waals surface area contributed by atoms with Gasteiger partial charge in [-0.2, -0.15) is 0 Å². The minimum absolute atomic E-state index is 0. The summed E-state index contributed by atoms with van der Waals surface area (Å²) in [4.78, 5) is 13.0. The highest BCUT2D eigenvalue weighted by Crippen LogP contribution is 2.29.